The van der Waals surface area contributed by atoms with Crippen molar-refractivity contribution in [3.8, 4) is 11.1 Å². The van der Waals surface area contributed by atoms with E-state index in [0.717, 1.165) is 23.3 Å². The van der Waals surface area contributed by atoms with Gasteiger partial charge in [0.2, 0.25) is 5.43 Å². The predicted octanol–water partition coefficient (Wildman–Crippen LogP) is 5.40. The maximum Gasteiger partial charge on any atom is 0.416 e. The first kappa shape index (κ1) is 26.4. The number of alkyl halides is 3. The minimum absolute atomic E-state index is 0.0587. The van der Waals surface area contributed by atoms with Crippen LogP contribution in [0.25, 0.3) is 11.1 Å². The third kappa shape index (κ3) is 5.73. The van der Waals surface area contributed by atoms with E-state index < -0.39 is 33.9 Å². The Balaban J connectivity index is 2.03. The number of rotatable bonds is 6. The van der Waals surface area contributed by atoms with Gasteiger partial charge in [0.05, 0.1) is 5.56 Å². The van der Waals surface area contributed by atoms with E-state index in [9.17, 15) is 27.0 Å². The monoisotopic (exact) mass is 504 g/mol. The fourth-order valence-electron chi connectivity index (χ4n) is 3.93. The molecule has 1 N–H and O–H groups in total. The summed E-state index contributed by atoms with van der Waals surface area (Å²) in [7, 11) is -1.13. The molecule has 1 unspecified atom stereocenters. The lowest BCUT2D eigenvalue weighted by Gasteiger charge is -2.20. The van der Waals surface area contributed by atoms with E-state index in [1.54, 1.807) is 35.9 Å². The highest BCUT2D eigenvalue weighted by atomic mass is 32.2. The number of aromatic nitrogens is 1. The second-order valence-corrected chi connectivity index (χ2v) is 10.0. The Morgan fingerprint density at radius 1 is 1.11 bits per heavy atom. The molecule has 1 amide bonds. The maximum absolute atomic E-state index is 13.4. The molecular formula is C26H27F3N2O3S. The Labute approximate surface area is 204 Å². The first-order valence-corrected chi connectivity index (χ1v) is 12.5. The van der Waals surface area contributed by atoms with E-state index in [4.69, 9.17) is 0 Å². The second-order valence-electron chi connectivity index (χ2n) is 8.64. The van der Waals surface area contributed by atoms with Crippen molar-refractivity contribution in [2.45, 2.75) is 51.4 Å². The van der Waals surface area contributed by atoms with Gasteiger partial charge < -0.3 is 9.88 Å². The number of pyridine rings is 1. The van der Waals surface area contributed by atoms with Crippen molar-refractivity contribution in [2.75, 3.05) is 6.26 Å². The summed E-state index contributed by atoms with van der Waals surface area (Å²) >= 11 is 0. The van der Waals surface area contributed by atoms with Crippen LogP contribution in [0.4, 0.5) is 13.2 Å². The van der Waals surface area contributed by atoms with Crippen molar-refractivity contribution in [2.24, 2.45) is 0 Å². The van der Waals surface area contributed by atoms with Gasteiger partial charge in [0.1, 0.15) is 5.56 Å². The van der Waals surface area contributed by atoms with Gasteiger partial charge >= 0.3 is 6.18 Å². The average molecular weight is 505 g/mol. The summed E-state index contributed by atoms with van der Waals surface area (Å²) in [5, 5.41) is 2.74. The van der Waals surface area contributed by atoms with Crippen molar-refractivity contribution >= 4 is 16.7 Å². The van der Waals surface area contributed by atoms with Crippen molar-refractivity contribution in [3.63, 3.8) is 0 Å². The Morgan fingerprint density at radius 2 is 1.80 bits per heavy atom. The van der Waals surface area contributed by atoms with Gasteiger partial charge in [0.25, 0.3) is 5.91 Å². The van der Waals surface area contributed by atoms with Gasteiger partial charge in [-0.3, -0.25) is 13.8 Å². The van der Waals surface area contributed by atoms with Crippen LogP contribution in [-0.2, 0) is 23.5 Å². The molecule has 0 fully saturated rings. The molecule has 3 rings (SSSR count). The highest BCUT2D eigenvalue weighted by Crippen LogP contribution is 2.32. The first-order chi connectivity index (χ1) is 16.3. The molecule has 2 aromatic carbocycles. The molecule has 0 bridgehead atoms. The molecular weight excluding hydrogens is 477 g/mol. The number of nitrogens with one attached hydrogen (secondary N) is 1. The maximum atomic E-state index is 13.4. The van der Waals surface area contributed by atoms with E-state index in [2.05, 4.69) is 5.32 Å². The lowest BCUT2D eigenvalue weighted by molar-refractivity contribution is -0.137. The lowest BCUT2D eigenvalue weighted by atomic mass is 9.98. The molecule has 5 nitrogen and oxygen atoms in total. The molecule has 186 valence electrons. The zero-order valence-electron chi connectivity index (χ0n) is 20.1. The van der Waals surface area contributed by atoms with E-state index in [0.29, 0.717) is 10.6 Å². The smallest absolute Gasteiger partial charge is 0.348 e. The number of hydrogen-bond donors (Lipinski definition) is 1. The standard InChI is InChI=1S/C26H27F3N2O3S/c1-15(2)31-14-22(25(33)30-13-19-9-10-21(35(5)34)11-16(19)3)24(32)23(17(31)4)18-7-6-8-20(12-18)26(27,28)29/h6-12,14-15H,13H2,1-5H3,(H,30,33). The number of benzene rings is 2. The van der Waals surface area contributed by atoms with Crippen molar-refractivity contribution in [1.29, 1.82) is 0 Å². The number of carbonyl (C=O) groups is 1. The van der Waals surface area contributed by atoms with Crippen LogP contribution in [0.15, 0.2) is 58.4 Å². The number of aryl methyl sites for hydroxylation is 1. The Morgan fingerprint density at radius 3 is 2.37 bits per heavy atom. The fourth-order valence-corrected chi connectivity index (χ4v) is 4.53. The zero-order valence-corrected chi connectivity index (χ0v) is 20.9. The number of halogens is 3. The molecule has 1 heterocycles. The van der Waals surface area contributed by atoms with Crippen LogP contribution in [0.1, 0.15) is 52.6 Å². The van der Waals surface area contributed by atoms with E-state index in [-0.39, 0.29) is 29.3 Å². The van der Waals surface area contributed by atoms with Crippen molar-refractivity contribution in [3.05, 3.63) is 86.8 Å². The van der Waals surface area contributed by atoms with E-state index in [1.165, 1.54) is 18.3 Å². The topological polar surface area (TPSA) is 68.2 Å². The highest BCUT2D eigenvalue weighted by molar-refractivity contribution is 7.84. The molecule has 0 saturated heterocycles. The first-order valence-electron chi connectivity index (χ1n) is 11.0. The third-order valence-corrected chi connectivity index (χ3v) is 6.77. The van der Waals surface area contributed by atoms with E-state index in [1.807, 2.05) is 20.8 Å². The van der Waals surface area contributed by atoms with E-state index >= 15 is 0 Å². The summed E-state index contributed by atoms with van der Waals surface area (Å²) < 4.78 is 53.3. The van der Waals surface area contributed by atoms with Crippen LogP contribution in [0.3, 0.4) is 0 Å². The minimum Gasteiger partial charge on any atom is -0.348 e. The van der Waals surface area contributed by atoms with Gasteiger partial charge in [0, 0.05) is 52.0 Å². The average Bonchev–Trinajstić information content (AvgIpc) is 2.77. The normalized spacial score (nSPS) is 12.6. The SMILES string of the molecule is Cc1cc(S(C)=O)ccc1CNC(=O)c1cn(C(C)C)c(C)c(-c2cccc(C(F)(F)F)c2)c1=O. The Hall–Kier alpha value is -3.20. The summed E-state index contributed by atoms with van der Waals surface area (Å²) in [6.07, 6.45) is -1.53. The number of hydrogen-bond acceptors (Lipinski definition) is 3. The second kappa shape index (κ2) is 10.2. The van der Waals surface area contributed by atoms with Crippen LogP contribution in [0, 0.1) is 13.8 Å². The number of amides is 1. The van der Waals surface area contributed by atoms with Crippen LogP contribution in [0.2, 0.25) is 0 Å². The zero-order chi connectivity index (χ0) is 26.1. The molecule has 0 aliphatic rings. The van der Waals surface area contributed by atoms with Crippen LogP contribution in [0.5, 0.6) is 0 Å². The van der Waals surface area contributed by atoms with Crippen LogP contribution < -0.4 is 10.7 Å². The van der Waals surface area contributed by atoms with Crippen LogP contribution in [-0.4, -0.2) is 20.9 Å². The molecule has 0 aliphatic carbocycles. The van der Waals surface area contributed by atoms with Gasteiger partial charge in [0.15, 0.2) is 0 Å². The molecule has 9 heteroatoms. The summed E-state index contributed by atoms with van der Waals surface area (Å²) in [4.78, 5) is 27.1. The van der Waals surface area contributed by atoms with Gasteiger partial charge in [-0.15, -0.1) is 0 Å². The van der Waals surface area contributed by atoms with Gasteiger partial charge in [-0.2, -0.15) is 13.2 Å². The lowest BCUT2D eigenvalue weighted by Crippen LogP contribution is -2.31. The molecule has 0 spiro atoms. The quantitative estimate of drug-likeness (QED) is 0.489. The predicted molar refractivity (Wildman–Crippen MR) is 131 cm³/mol. The van der Waals surface area contributed by atoms with Crippen molar-refractivity contribution < 1.29 is 22.2 Å². The van der Waals surface area contributed by atoms with Crippen LogP contribution >= 0.6 is 0 Å². The molecule has 0 aliphatic heterocycles. The largest absolute Gasteiger partial charge is 0.416 e. The molecule has 1 atom stereocenters. The van der Waals surface area contributed by atoms with Gasteiger partial charge in [-0.1, -0.05) is 18.2 Å². The molecule has 0 saturated carbocycles. The Bertz CT molecular complexity index is 1360. The third-order valence-electron chi connectivity index (χ3n) is 5.85. The van der Waals surface area contributed by atoms with Gasteiger partial charge in [-0.05, 0) is 68.7 Å². The molecule has 3 aromatic rings. The molecule has 35 heavy (non-hydrogen) atoms. The summed E-state index contributed by atoms with van der Waals surface area (Å²) in [6.45, 7) is 7.34. The van der Waals surface area contributed by atoms with Crippen molar-refractivity contribution in [1.82, 2.24) is 9.88 Å². The number of nitrogens with zero attached hydrogens (tertiary/aromatic N) is 1. The number of carbonyl (C=O) groups excluding carboxylic acids is 1. The minimum atomic E-state index is -4.56. The fraction of sp³-hybridized carbons (Fsp3) is 0.308. The Kier molecular flexibility index (Phi) is 7.69. The molecule has 1 aromatic heterocycles. The summed E-state index contributed by atoms with van der Waals surface area (Å²) in [6, 6.07) is 9.68. The summed E-state index contributed by atoms with van der Waals surface area (Å²) in [5.74, 6) is -0.625. The highest BCUT2D eigenvalue weighted by Gasteiger charge is 2.31. The molecule has 0 radical (unpaired) electrons. The van der Waals surface area contributed by atoms with Gasteiger partial charge in [-0.25, -0.2) is 0 Å². The summed E-state index contributed by atoms with van der Waals surface area (Å²) in [5.41, 5.74) is 0.610.